The number of ether oxygens (including phenoxy) is 1. The molecule has 1 fully saturated rings. The summed E-state index contributed by atoms with van der Waals surface area (Å²) in [6, 6.07) is 8.23. The van der Waals surface area contributed by atoms with E-state index in [-0.39, 0.29) is 5.75 Å². The number of unbranched alkanes of at least 4 members (excludes halogenated alkanes) is 1. The van der Waals surface area contributed by atoms with Crippen LogP contribution in [0.15, 0.2) is 36.4 Å². The average molecular weight is 379 g/mol. The minimum atomic E-state index is -4.63. The molecule has 0 radical (unpaired) electrons. The number of rotatable bonds is 9. The van der Waals surface area contributed by atoms with E-state index >= 15 is 0 Å². The monoisotopic (exact) mass is 379 g/mol. The molecule has 1 aromatic rings. The number of nitrogens with zero attached hydrogens (tertiary/aromatic N) is 1. The molecule has 1 aliphatic carbocycles. The highest BCUT2D eigenvalue weighted by atomic mass is 19.4. The Morgan fingerprint density at radius 2 is 1.63 bits per heavy atom. The lowest BCUT2D eigenvalue weighted by Crippen LogP contribution is -2.17. The van der Waals surface area contributed by atoms with Gasteiger partial charge in [0.05, 0.1) is 6.07 Å². The fourth-order valence-corrected chi connectivity index (χ4v) is 3.90. The smallest absolute Gasteiger partial charge is 0.406 e. The largest absolute Gasteiger partial charge is 0.573 e. The van der Waals surface area contributed by atoms with Crippen molar-refractivity contribution in [2.75, 3.05) is 0 Å². The fraction of sp³-hybridized carbons (Fsp3) is 0.591. The van der Waals surface area contributed by atoms with E-state index in [4.69, 9.17) is 5.26 Å². The van der Waals surface area contributed by atoms with Crippen LogP contribution in [0.3, 0.4) is 0 Å². The number of allylic oxidation sites excluding steroid dienone is 2. The van der Waals surface area contributed by atoms with Gasteiger partial charge in [0.1, 0.15) is 5.75 Å². The van der Waals surface area contributed by atoms with E-state index in [2.05, 4.69) is 4.74 Å². The van der Waals surface area contributed by atoms with E-state index < -0.39 is 6.36 Å². The lowest BCUT2D eigenvalue weighted by atomic mass is 9.78. The van der Waals surface area contributed by atoms with Crippen LogP contribution in [-0.4, -0.2) is 6.36 Å². The van der Waals surface area contributed by atoms with E-state index in [9.17, 15) is 13.2 Å². The van der Waals surface area contributed by atoms with Gasteiger partial charge in [-0.1, -0.05) is 56.7 Å². The van der Waals surface area contributed by atoms with Crippen LogP contribution in [0.4, 0.5) is 13.2 Å². The second kappa shape index (κ2) is 11.0. The molecule has 0 N–H and O–H groups in total. The van der Waals surface area contributed by atoms with E-state index in [1.54, 1.807) is 18.2 Å². The third-order valence-corrected chi connectivity index (χ3v) is 5.39. The first-order valence-corrected chi connectivity index (χ1v) is 9.85. The van der Waals surface area contributed by atoms with Gasteiger partial charge in [-0.25, -0.2) is 0 Å². The van der Waals surface area contributed by atoms with E-state index in [1.807, 2.05) is 12.1 Å². The second-order valence-electron chi connectivity index (χ2n) is 7.43. The van der Waals surface area contributed by atoms with Gasteiger partial charge in [0.2, 0.25) is 0 Å². The zero-order valence-corrected chi connectivity index (χ0v) is 15.7. The SMILES string of the molecule is N#CC=CCCC1CCC(CCCCc2ccc(OC(F)(F)F)cc2)CC1. The normalized spacial score (nSPS) is 20.5. The van der Waals surface area contributed by atoms with Crippen molar-refractivity contribution in [3.05, 3.63) is 42.0 Å². The molecule has 1 saturated carbocycles. The van der Waals surface area contributed by atoms with Crippen molar-refractivity contribution in [2.24, 2.45) is 11.8 Å². The summed E-state index contributed by atoms with van der Waals surface area (Å²) in [6.07, 6.45) is 10.7. The van der Waals surface area contributed by atoms with Gasteiger partial charge in [0, 0.05) is 6.08 Å². The van der Waals surface area contributed by atoms with Crippen molar-refractivity contribution >= 4 is 0 Å². The molecule has 0 heterocycles. The average Bonchev–Trinajstić information content (AvgIpc) is 2.63. The third kappa shape index (κ3) is 8.99. The highest BCUT2D eigenvalue weighted by molar-refractivity contribution is 5.27. The van der Waals surface area contributed by atoms with Gasteiger partial charge >= 0.3 is 6.36 Å². The Bertz CT molecular complexity index is 608. The van der Waals surface area contributed by atoms with Gasteiger partial charge in [-0.15, -0.1) is 13.2 Å². The Balaban J connectivity index is 1.57. The summed E-state index contributed by atoms with van der Waals surface area (Å²) < 4.78 is 40.3. The zero-order chi connectivity index (χ0) is 19.5. The number of nitriles is 1. The molecule has 0 atom stereocenters. The van der Waals surface area contributed by atoms with Crippen LogP contribution in [0.2, 0.25) is 0 Å². The fourth-order valence-electron chi connectivity index (χ4n) is 3.90. The van der Waals surface area contributed by atoms with Crippen LogP contribution in [-0.2, 0) is 6.42 Å². The Labute approximate surface area is 160 Å². The number of hydrogen-bond acceptors (Lipinski definition) is 2. The van der Waals surface area contributed by atoms with Crippen LogP contribution >= 0.6 is 0 Å². The van der Waals surface area contributed by atoms with Gasteiger partial charge in [-0.2, -0.15) is 5.26 Å². The third-order valence-electron chi connectivity index (χ3n) is 5.39. The standard InChI is InChI=1S/C22H28F3NO/c23-22(24,25)27-21-15-13-20(14-16-21)8-4-3-7-19-11-9-18(10-12-19)6-2-1-5-17-26/h1,5,13-16,18-19H,2-4,6-12H2. The van der Waals surface area contributed by atoms with Crippen LogP contribution in [0.5, 0.6) is 5.75 Å². The number of benzene rings is 1. The number of alkyl halides is 3. The maximum absolute atomic E-state index is 12.1. The first-order valence-electron chi connectivity index (χ1n) is 9.85. The van der Waals surface area contributed by atoms with Crippen molar-refractivity contribution < 1.29 is 17.9 Å². The topological polar surface area (TPSA) is 33.0 Å². The van der Waals surface area contributed by atoms with E-state index in [0.717, 1.165) is 36.7 Å². The highest BCUT2D eigenvalue weighted by Gasteiger charge is 2.30. The molecular weight excluding hydrogens is 351 g/mol. The number of aryl methyl sites for hydroxylation is 1. The van der Waals surface area contributed by atoms with Crippen molar-refractivity contribution in [1.82, 2.24) is 0 Å². The summed E-state index contributed by atoms with van der Waals surface area (Å²) in [5, 5.41) is 8.48. The van der Waals surface area contributed by atoms with Crippen molar-refractivity contribution in [3.8, 4) is 11.8 Å². The van der Waals surface area contributed by atoms with Crippen molar-refractivity contribution in [1.29, 1.82) is 5.26 Å². The lowest BCUT2D eigenvalue weighted by molar-refractivity contribution is -0.274. The summed E-state index contributed by atoms with van der Waals surface area (Å²) in [5.41, 5.74) is 1.05. The molecule has 148 valence electrons. The maximum Gasteiger partial charge on any atom is 0.573 e. The molecule has 0 unspecified atom stereocenters. The number of hydrogen-bond donors (Lipinski definition) is 0. The van der Waals surface area contributed by atoms with Crippen molar-refractivity contribution in [3.63, 3.8) is 0 Å². The molecule has 2 rings (SSSR count). The highest BCUT2D eigenvalue weighted by Crippen LogP contribution is 2.34. The van der Waals surface area contributed by atoms with Crippen LogP contribution in [0.25, 0.3) is 0 Å². The summed E-state index contributed by atoms with van der Waals surface area (Å²) >= 11 is 0. The van der Waals surface area contributed by atoms with E-state index in [1.165, 1.54) is 57.1 Å². The Kier molecular flexibility index (Phi) is 8.71. The Morgan fingerprint density at radius 3 is 2.22 bits per heavy atom. The van der Waals surface area contributed by atoms with Gasteiger partial charge < -0.3 is 4.74 Å². The predicted octanol–water partition coefficient (Wildman–Crippen LogP) is 6.96. The summed E-state index contributed by atoms with van der Waals surface area (Å²) in [5.74, 6) is 1.46. The zero-order valence-electron chi connectivity index (χ0n) is 15.7. The van der Waals surface area contributed by atoms with Crippen molar-refractivity contribution in [2.45, 2.75) is 70.6 Å². The quantitative estimate of drug-likeness (QED) is 0.343. The van der Waals surface area contributed by atoms with E-state index in [0.29, 0.717) is 0 Å². The first-order chi connectivity index (χ1) is 13.0. The van der Waals surface area contributed by atoms with Gasteiger partial charge in [0.15, 0.2) is 0 Å². The molecule has 0 amide bonds. The van der Waals surface area contributed by atoms with Crippen LogP contribution < -0.4 is 4.74 Å². The lowest BCUT2D eigenvalue weighted by Gasteiger charge is -2.28. The molecule has 27 heavy (non-hydrogen) atoms. The minimum Gasteiger partial charge on any atom is -0.406 e. The molecule has 0 saturated heterocycles. The van der Waals surface area contributed by atoms with Gasteiger partial charge in [-0.3, -0.25) is 0 Å². The summed E-state index contributed by atoms with van der Waals surface area (Å²) in [4.78, 5) is 0. The molecule has 0 spiro atoms. The van der Waals surface area contributed by atoms with Crippen LogP contribution in [0.1, 0.15) is 63.4 Å². The van der Waals surface area contributed by atoms with Gasteiger partial charge in [0.25, 0.3) is 0 Å². The minimum absolute atomic E-state index is 0.161. The molecule has 1 aliphatic rings. The Hall–Kier alpha value is -1.96. The molecular formula is C22H28F3NO. The molecule has 0 aliphatic heterocycles. The maximum atomic E-state index is 12.1. The van der Waals surface area contributed by atoms with Crippen LogP contribution in [0, 0.1) is 23.2 Å². The molecule has 0 aromatic heterocycles. The second-order valence-corrected chi connectivity index (χ2v) is 7.43. The summed E-state index contributed by atoms with van der Waals surface area (Å²) in [6.45, 7) is 0. The predicted molar refractivity (Wildman–Crippen MR) is 100 cm³/mol. The van der Waals surface area contributed by atoms with Gasteiger partial charge in [-0.05, 0) is 55.2 Å². The molecule has 0 bridgehead atoms. The molecule has 1 aromatic carbocycles. The molecule has 5 heteroatoms. The first kappa shape index (κ1) is 21.3. The summed E-state index contributed by atoms with van der Waals surface area (Å²) in [7, 11) is 0. The number of halogens is 3. The molecule has 2 nitrogen and oxygen atoms in total. The Morgan fingerprint density at radius 1 is 1.00 bits per heavy atom.